The van der Waals surface area contributed by atoms with Gasteiger partial charge in [0.1, 0.15) is 6.04 Å². The molecule has 2 aromatic rings. The predicted octanol–water partition coefficient (Wildman–Crippen LogP) is 2.39. The molecule has 0 bridgehead atoms. The van der Waals surface area contributed by atoms with Crippen LogP contribution in [0.3, 0.4) is 0 Å². The summed E-state index contributed by atoms with van der Waals surface area (Å²) in [5.41, 5.74) is 2.57. The molecule has 1 amide bonds. The molecule has 1 aliphatic heterocycles. The molecule has 1 heterocycles. The maximum Gasteiger partial charge on any atom is 0.245 e. The van der Waals surface area contributed by atoms with Gasteiger partial charge < -0.3 is 4.90 Å². The molecule has 24 heavy (non-hydrogen) atoms. The highest BCUT2D eigenvalue weighted by Gasteiger charge is 2.35. The SMILES string of the molecule is Cc1ccc(N2CC[C@H](NS(=O)(=O)c3ccccc3C)C2=O)cc1. The minimum Gasteiger partial charge on any atom is -0.311 e. The summed E-state index contributed by atoms with van der Waals surface area (Å²) in [5.74, 6) is -0.212. The van der Waals surface area contributed by atoms with Crippen LogP contribution in [0.15, 0.2) is 53.4 Å². The molecule has 1 N–H and O–H groups in total. The number of benzene rings is 2. The second-order valence-electron chi connectivity index (χ2n) is 6.05. The van der Waals surface area contributed by atoms with Gasteiger partial charge in [-0.1, -0.05) is 35.9 Å². The highest BCUT2D eigenvalue weighted by molar-refractivity contribution is 7.89. The molecule has 2 aromatic carbocycles. The van der Waals surface area contributed by atoms with Crippen LogP contribution in [-0.2, 0) is 14.8 Å². The first-order valence-corrected chi connectivity index (χ1v) is 9.33. The van der Waals surface area contributed by atoms with Crippen LogP contribution in [0.5, 0.6) is 0 Å². The predicted molar refractivity (Wildman–Crippen MR) is 93.4 cm³/mol. The largest absolute Gasteiger partial charge is 0.311 e. The van der Waals surface area contributed by atoms with Crippen LogP contribution >= 0.6 is 0 Å². The third-order valence-corrected chi connectivity index (χ3v) is 5.86. The minimum absolute atomic E-state index is 0.212. The Morgan fingerprint density at radius 3 is 2.38 bits per heavy atom. The molecule has 6 heteroatoms. The fraction of sp³-hybridized carbons (Fsp3) is 0.278. The number of hydrogen-bond acceptors (Lipinski definition) is 3. The van der Waals surface area contributed by atoms with Crippen molar-refractivity contribution >= 4 is 21.6 Å². The van der Waals surface area contributed by atoms with Gasteiger partial charge in [-0.3, -0.25) is 4.79 Å². The quantitative estimate of drug-likeness (QED) is 0.926. The number of nitrogens with zero attached hydrogens (tertiary/aromatic N) is 1. The lowest BCUT2D eigenvalue weighted by Gasteiger charge is -2.18. The van der Waals surface area contributed by atoms with E-state index in [0.29, 0.717) is 18.5 Å². The summed E-state index contributed by atoms with van der Waals surface area (Å²) in [4.78, 5) is 14.4. The molecule has 1 aliphatic rings. The molecule has 1 atom stereocenters. The summed E-state index contributed by atoms with van der Waals surface area (Å²) >= 11 is 0. The molecule has 1 saturated heterocycles. The summed E-state index contributed by atoms with van der Waals surface area (Å²) in [6.45, 7) is 4.22. The molecule has 3 rings (SSSR count). The number of aryl methyl sites for hydroxylation is 2. The van der Waals surface area contributed by atoms with E-state index >= 15 is 0 Å². The number of carbonyl (C=O) groups excluding carboxylic acids is 1. The Hall–Kier alpha value is -2.18. The average Bonchev–Trinajstić information content (AvgIpc) is 2.89. The Morgan fingerprint density at radius 2 is 1.71 bits per heavy atom. The fourth-order valence-corrected chi connectivity index (χ4v) is 4.35. The van der Waals surface area contributed by atoms with Gasteiger partial charge in [0, 0.05) is 12.2 Å². The molecule has 0 radical (unpaired) electrons. The van der Waals surface area contributed by atoms with E-state index in [-0.39, 0.29) is 10.8 Å². The van der Waals surface area contributed by atoms with E-state index in [2.05, 4.69) is 4.72 Å². The Bertz CT molecular complexity index is 860. The van der Waals surface area contributed by atoms with E-state index in [1.165, 1.54) is 0 Å². The second kappa shape index (κ2) is 6.37. The lowest BCUT2D eigenvalue weighted by Crippen LogP contribution is -2.41. The van der Waals surface area contributed by atoms with Gasteiger partial charge in [-0.05, 0) is 44.0 Å². The van der Waals surface area contributed by atoms with Crippen LogP contribution in [0.2, 0.25) is 0 Å². The second-order valence-corrected chi connectivity index (χ2v) is 7.74. The van der Waals surface area contributed by atoms with Gasteiger partial charge >= 0.3 is 0 Å². The average molecular weight is 344 g/mol. The standard InChI is InChI=1S/C18H20N2O3S/c1-13-7-9-15(10-8-13)20-12-11-16(18(20)21)19-24(22,23)17-6-4-3-5-14(17)2/h3-10,16,19H,11-12H2,1-2H3/t16-/m0/s1. The number of carbonyl (C=O) groups is 1. The van der Waals surface area contributed by atoms with Crippen LogP contribution in [0.4, 0.5) is 5.69 Å². The first-order chi connectivity index (χ1) is 11.4. The molecule has 0 saturated carbocycles. The monoisotopic (exact) mass is 344 g/mol. The van der Waals surface area contributed by atoms with Crippen LogP contribution in [0, 0.1) is 13.8 Å². The van der Waals surface area contributed by atoms with E-state index < -0.39 is 16.1 Å². The molecule has 0 aromatic heterocycles. The van der Waals surface area contributed by atoms with Crippen molar-refractivity contribution in [2.24, 2.45) is 0 Å². The van der Waals surface area contributed by atoms with Crippen LogP contribution in [0.1, 0.15) is 17.5 Å². The number of hydrogen-bond donors (Lipinski definition) is 1. The van der Waals surface area contributed by atoms with Crippen LogP contribution in [0.25, 0.3) is 0 Å². The Balaban J connectivity index is 1.79. The molecular formula is C18H20N2O3S. The zero-order valence-electron chi connectivity index (χ0n) is 13.7. The minimum atomic E-state index is -3.72. The first kappa shape index (κ1) is 16.7. The Kier molecular flexibility index (Phi) is 4.43. The Labute approximate surface area is 142 Å². The van der Waals surface area contributed by atoms with E-state index in [4.69, 9.17) is 0 Å². The number of amides is 1. The summed E-state index contributed by atoms with van der Waals surface area (Å²) in [5, 5.41) is 0. The summed E-state index contributed by atoms with van der Waals surface area (Å²) in [6, 6.07) is 13.7. The number of sulfonamides is 1. The van der Waals surface area contributed by atoms with Gasteiger partial charge in [0.2, 0.25) is 15.9 Å². The smallest absolute Gasteiger partial charge is 0.245 e. The van der Waals surface area contributed by atoms with Gasteiger partial charge in [0.05, 0.1) is 4.90 Å². The number of nitrogens with one attached hydrogen (secondary N) is 1. The molecule has 5 nitrogen and oxygen atoms in total. The molecule has 1 fully saturated rings. The zero-order valence-corrected chi connectivity index (χ0v) is 14.5. The molecular weight excluding hydrogens is 324 g/mol. The third kappa shape index (κ3) is 3.20. The number of rotatable bonds is 4. The highest BCUT2D eigenvalue weighted by Crippen LogP contribution is 2.23. The molecule has 0 aliphatic carbocycles. The van der Waals surface area contributed by atoms with Crippen molar-refractivity contribution in [1.29, 1.82) is 0 Å². The van der Waals surface area contributed by atoms with Crippen molar-refractivity contribution in [3.8, 4) is 0 Å². The lowest BCUT2D eigenvalue weighted by atomic mass is 10.2. The lowest BCUT2D eigenvalue weighted by molar-refractivity contribution is -0.118. The van der Waals surface area contributed by atoms with E-state index in [9.17, 15) is 13.2 Å². The van der Waals surface area contributed by atoms with Gasteiger partial charge in [-0.15, -0.1) is 0 Å². The Morgan fingerprint density at radius 1 is 1.04 bits per heavy atom. The fourth-order valence-electron chi connectivity index (χ4n) is 2.88. The summed E-state index contributed by atoms with van der Waals surface area (Å²) in [7, 11) is -3.72. The highest BCUT2D eigenvalue weighted by atomic mass is 32.2. The van der Waals surface area contributed by atoms with Crippen molar-refractivity contribution in [3.05, 3.63) is 59.7 Å². The molecule has 0 unspecified atom stereocenters. The molecule has 0 spiro atoms. The van der Waals surface area contributed by atoms with Crippen molar-refractivity contribution < 1.29 is 13.2 Å². The van der Waals surface area contributed by atoms with Gasteiger partial charge in [0.25, 0.3) is 0 Å². The molecule has 126 valence electrons. The van der Waals surface area contributed by atoms with Crippen molar-refractivity contribution in [3.63, 3.8) is 0 Å². The van der Waals surface area contributed by atoms with E-state index in [1.807, 2.05) is 31.2 Å². The third-order valence-electron chi connectivity index (χ3n) is 4.23. The topological polar surface area (TPSA) is 66.5 Å². The van der Waals surface area contributed by atoms with Gasteiger partial charge in [0.15, 0.2) is 0 Å². The first-order valence-electron chi connectivity index (χ1n) is 7.84. The van der Waals surface area contributed by atoms with E-state index in [1.54, 1.807) is 36.1 Å². The van der Waals surface area contributed by atoms with Gasteiger partial charge in [-0.2, -0.15) is 4.72 Å². The van der Waals surface area contributed by atoms with Crippen LogP contribution < -0.4 is 9.62 Å². The van der Waals surface area contributed by atoms with Crippen molar-refractivity contribution in [2.45, 2.75) is 31.2 Å². The summed E-state index contributed by atoms with van der Waals surface area (Å²) < 4.78 is 27.7. The van der Waals surface area contributed by atoms with E-state index in [0.717, 1.165) is 11.3 Å². The normalized spacial score (nSPS) is 18.2. The van der Waals surface area contributed by atoms with Crippen molar-refractivity contribution in [2.75, 3.05) is 11.4 Å². The van der Waals surface area contributed by atoms with Crippen LogP contribution in [-0.4, -0.2) is 26.9 Å². The van der Waals surface area contributed by atoms with Crippen molar-refractivity contribution in [1.82, 2.24) is 4.72 Å². The maximum absolute atomic E-state index is 12.6. The zero-order chi connectivity index (χ0) is 17.3. The summed E-state index contributed by atoms with van der Waals surface area (Å²) in [6.07, 6.45) is 0.456. The maximum atomic E-state index is 12.6. The van der Waals surface area contributed by atoms with Gasteiger partial charge in [-0.25, -0.2) is 8.42 Å². The number of anilines is 1.